The van der Waals surface area contributed by atoms with Gasteiger partial charge in [0.25, 0.3) is 0 Å². The lowest BCUT2D eigenvalue weighted by Crippen LogP contribution is -2.35. The number of hydrogen-bond donors (Lipinski definition) is 0. The number of unbranched alkanes of at least 4 members (excludes halogenated alkanes) is 2. The molecule has 2 unspecified atom stereocenters. The van der Waals surface area contributed by atoms with Gasteiger partial charge < -0.3 is 9.47 Å². The van der Waals surface area contributed by atoms with E-state index in [1.807, 2.05) is 0 Å². The number of methoxy groups -OCH3 is 1. The molecule has 0 saturated heterocycles. The van der Waals surface area contributed by atoms with Crippen molar-refractivity contribution in [3.05, 3.63) is 0 Å². The molecule has 3 heteroatoms. The van der Waals surface area contributed by atoms with Crippen LogP contribution in [0.2, 0.25) is 0 Å². The van der Waals surface area contributed by atoms with Crippen molar-refractivity contribution < 1.29 is 14.3 Å². The van der Waals surface area contributed by atoms with Crippen LogP contribution in [0.1, 0.15) is 58.3 Å². The average molecular weight is 228 g/mol. The van der Waals surface area contributed by atoms with Crippen molar-refractivity contribution in [2.45, 2.75) is 70.5 Å². The largest absolute Gasteiger partial charge is 0.460 e. The summed E-state index contributed by atoms with van der Waals surface area (Å²) in [6.45, 7) is 2.13. The monoisotopic (exact) mass is 228 g/mol. The van der Waals surface area contributed by atoms with Crippen LogP contribution in [0, 0.1) is 0 Å². The fourth-order valence-electron chi connectivity index (χ4n) is 2.21. The highest BCUT2D eigenvalue weighted by Gasteiger charge is 2.27. The molecule has 1 rings (SSSR count). The van der Waals surface area contributed by atoms with Crippen LogP contribution in [0.3, 0.4) is 0 Å². The highest BCUT2D eigenvalue weighted by Crippen LogP contribution is 2.23. The van der Waals surface area contributed by atoms with Crippen molar-refractivity contribution >= 4 is 5.97 Å². The van der Waals surface area contributed by atoms with Gasteiger partial charge in [0.1, 0.15) is 6.10 Å². The Balaban J connectivity index is 2.25. The summed E-state index contributed by atoms with van der Waals surface area (Å²) < 4.78 is 10.8. The zero-order valence-electron chi connectivity index (χ0n) is 10.5. The molecule has 0 aliphatic heterocycles. The Labute approximate surface area is 98.5 Å². The molecule has 0 amide bonds. The predicted octanol–water partition coefficient (Wildman–Crippen LogP) is 3.07. The lowest BCUT2D eigenvalue weighted by atomic mass is 9.94. The topological polar surface area (TPSA) is 35.5 Å². The van der Waals surface area contributed by atoms with E-state index in [0.717, 1.165) is 38.5 Å². The summed E-state index contributed by atoms with van der Waals surface area (Å²) in [6, 6.07) is 0. The third-order valence-corrected chi connectivity index (χ3v) is 3.21. The Morgan fingerprint density at radius 2 is 1.88 bits per heavy atom. The molecule has 2 atom stereocenters. The van der Waals surface area contributed by atoms with Crippen LogP contribution >= 0.6 is 0 Å². The van der Waals surface area contributed by atoms with Gasteiger partial charge in [0.15, 0.2) is 0 Å². The maximum absolute atomic E-state index is 11.6. The van der Waals surface area contributed by atoms with Gasteiger partial charge >= 0.3 is 5.97 Å². The number of carbonyl (C=O) groups is 1. The molecule has 16 heavy (non-hydrogen) atoms. The standard InChI is InChI=1S/C13H24O3/c1-3-4-5-10-13(14)16-12-9-7-6-8-11(12)15-2/h11-12H,3-10H2,1-2H3. The SMILES string of the molecule is CCCCCC(=O)OC1CCCCC1OC. The van der Waals surface area contributed by atoms with Gasteiger partial charge in [-0.15, -0.1) is 0 Å². The molecule has 1 fully saturated rings. The third kappa shape index (κ3) is 4.52. The zero-order chi connectivity index (χ0) is 11.8. The summed E-state index contributed by atoms with van der Waals surface area (Å²) in [5.74, 6) is -0.0533. The van der Waals surface area contributed by atoms with Crippen molar-refractivity contribution in [2.24, 2.45) is 0 Å². The minimum absolute atomic E-state index is 0.00660. The molecular formula is C13H24O3. The van der Waals surface area contributed by atoms with Crippen LogP contribution in [-0.2, 0) is 14.3 Å². The Morgan fingerprint density at radius 3 is 2.50 bits per heavy atom. The second-order valence-electron chi connectivity index (χ2n) is 4.54. The van der Waals surface area contributed by atoms with E-state index in [1.165, 1.54) is 6.42 Å². The van der Waals surface area contributed by atoms with Crippen molar-refractivity contribution in [1.29, 1.82) is 0 Å². The Kier molecular flexibility index (Phi) is 6.46. The molecular weight excluding hydrogens is 204 g/mol. The number of hydrogen-bond acceptors (Lipinski definition) is 3. The zero-order valence-corrected chi connectivity index (χ0v) is 10.5. The summed E-state index contributed by atoms with van der Waals surface area (Å²) in [7, 11) is 1.70. The van der Waals surface area contributed by atoms with Crippen LogP contribution in [0.5, 0.6) is 0 Å². The van der Waals surface area contributed by atoms with Crippen LogP contribution < -0.4 is 0 Å². The Bertz CT molecular complexity index is 203. The van der Waals surface area contributed by atoms with Crippen LogP contribution in [-0.4, -0.2) is 25.3 Å². The summed E-state index contributed by atoms with van der Waals surface area (Å²) in [6.07, 6.45) is 8.15. The smallest absolute Gasteiger partial charge is 0.306 e. The molecule has 0 N–H and O–H groups in total. The average Bonchev–Trinajstić information content (AvgIpc) is 2.30. The molecule has 1 aliphatic carbocycles. The molecule has 0 spiro atoms. The summed E-state index contributed by atoms with van der Waals surface area (Å²) >= 11 is 0. The van der Waals surface area contributed by atoms with Crippen LogP contribution in [0.15, 0.2) is 0 Å². The van der Waals surface area contributed by atoms with Gasteiger partial charge in [0, 0.05) is 13.5 Å². The first-order valence-corrected chi connectivity index (χ1v) is 6.50. The van der Waals surface area contributed by atoms with Crippen molar-refractivity contribution in [3.63, 3.8) is 0 Å². The highest BCUT2D eigenvalue weighted by atomic mass is 16.6. The van der Waals surface area contributed by atoms with E-state index in [0.29, 0.717) is 6.42 Å². The lowest BCUT2D eigenvalue weighted by molar-refractivity contribution is -0.159. The van der Waals surface area contributed by atoms with E-state index in [1.54, 1.807) is 7.11 Å². The van der Waals surface area contributed by atoms with Gasteiger partial charge in [0.05, 0.1) is 6.10 Å². The maximum atomic E-state index is 11.6. The summed E-state index contributed by atoms with van der Waals surface area (Å²) in [5, 5.41) is 0. The summed E-state index contributed by atoms with van der Waals surface area (Å²) in [4.78, 5) is 11.6. The molecule has 0 heterocycles. The van der Waals surface area contributed by atoms with E-state index >= 15 is 0 Å². The molecule has 0 aromatic carbocycles. The second-order valence-corrected chi connectivity index (χ2v) is 4.54. The molecule has 0 aromatic rings. The van der Waals surface area contributed by atoms with Gasteiger partial charge in [-0.2, -0.15) is 0 Å². The highest BCUT2D eigenvalue weighted by molar-refractivity contribution is 5.69. The van der Waals surface area contributed by atoms with Crippen molar-refractivity contribution in [1.82, 2.24) is 0 Å². The predicted molar refractivity (Wildman–Crippen MR) is 63.3 cm³/mol. The molecule has 1 aliphatic rings. The van der Waals surface area contributed by atoms with E-state index < -0.39 is 0 Å². The minimum atomic E-state index is -0.0533. The third-order valence-electron chi connectivity index (χ3n) is 3.21. The first-order valence-electron chi connectivity index (χ1n) is 6.50. The fraction of sp³-hybridized carbons (Fsp3) is 0.923. The Hall–Kier alpha value is -0.570. The van der Waals surface area contributed by atoms with Gasteiger partial charge in [-0.3, -0.25) is 4.79 Å². The quantitative estimate of drug-likeness (QED) is 0.517. The number of rotatable bonds is 6. The molecule has 0 bridgehead atoms. The van der Waals surface area contributed by atoms with Crippen molar-refractivity contribution in [3.8, 4) is 0 Å². The molecule has 1 saturated carbocycles. The molecule has 3 nitrogen and oxygen atoms in total. The number of ether oxygens (including phenoxy) is 2. The van der Waals surface area contributed by atoms with Gasteiger partial charge in [-0.1, -0.05) is 26.2 Å². The molecule has 0 aromatic heterocycles. The fourth-order valence-corrected chi connectivity index (χ4v) is 2.21. The van der Waals surface area contributed by atoms with E-state index in [4.69, 9.17) is 9.47 Å². The Morgan fingerprint density at radius 1 is 1.19 bits per heavy atom. The summed E-state index contributed by atoms with van der Waals surface area (Å²) in [5.41, 5.74) is 0. The first-order chi connectivity index (χ1) is 7.77. The maximum Gasteiger partial charge on any atom is 0.306 e. The van der Waals surface area contributed by atoms with Gasteiger partial charge in [-0.05, 0) is 25.7 Å². The second kappa shape index (κ2) is 7.66. The van der Waals surface area contributed by atoms with Gasteiger partial charge in [-0.25, -0.2) is 0 Å². The lowest BCUT2D eigenvalue weighted by Gasteiger charge is -2.29. The van der Waals surface area contributed by atoms with E-state index in [2.05, 4.69) is 6.92 Å². The van der Waals surface area contributed by atoms with Crippen molar-refractivity contribution in [2.75, 3.05) is 7.11 Å². The van der Waals surface area contributed by atoms with E-state index in [9.17, 15) is 4.79 Å². The van der Waals surface area contributed by atoms with Crippen LogP contribution in [0.25, 0.3) is 0 Å². The normalized spacial score (nSPS) is 25.4. The van der Waals surface area contributed by atoms with Crippen LogP contribution in [0.4, 0.5) is 0 Å². The van der Waals surface area contributed by atoms with Gasteiger partial charge in [0.2, 0.25) is 0 Å². The minimum Gasteiger partial charge on any atom is -0.460 e. The molecule has 0 radical (unpaired) electrons. The number of esters is 1. The number of carbonyl (C=O) groups excluding carboxylic acids is 1. The first kappa shape index (κ1) is 13.5. The molecule has 94 valence electrons. The van der Waals surface area contributed by atoms with E-state index in [-0.39, 0.29) is 18.2 Å².